The molecule has 0 amide bonds. The van der Waals surface area contributed by atoms with E-state index in [9.17, 15) is 4.21 Å². The van der Waals surface area contributed by atoms with Crippen LogP contribution in [0.5, 0.6) is 17.2 Å². The van der Waals surface area contributed by atoms with E-state index in [1.165, 1.54) is 0 Å². The molecule has 1 atom stereocenters. The Bertz CT molecular complexity index is 1030. The van der Waals surface area contributed by atoms with Gasteiger partial charge < -0.3 is 14.2 Å². The predicted octanol–water partition coefficient (Wildman–Crippen LogP) is 4.45. The number of fused-ring (bicyclic) bond motifs is 3. The number of ether oxygens (including phenoxy) is 3. The summed E-state index contributed by atoms with van der Waals surface area (Å²) in [5, 5.41) is 0. The number of rotatable bonds is 5. The van der Waals surface area contributed by atoms with E-state index in [1.807, 2.05) is 54.6 Å². The second-order valence-electron chi connectivity index (χ2n) is 6.25. The molecule has 1 aliphatic heterocycles. The van der Waals surface area contributed by atoms with Gasteiger partial charge in [-0.2, -0.15) is 0 Å². The van der Waals surface area contributed by atoms with Gasteiger partial charge in [-0.25, -0.2) is 4.21 Å². The summed E-state index contributed by atoms with van der Waals surface area (Å²) in [5.41, 5.74) is 4.07. The Morgan fingerprint density at radius 3 is 2.26 bits per heavy atom. The van der Waals surface area contributed by atoms with Gasteiger partial charge in [-0.1, -0.05) is 30.3 Å². The molecule has 1 unspecified atom stereocenters. The zero-order valence-corrected chi connectivity index (χ0v) is 16.3. The van der Waals surface area contributed by atoms with Crippen LogP contribution < -0.4 is 14.2 Å². The predicted molar refractivity (Wildman–Crippen MR) is 105 cm³/mol. The first-order valence-electron chi connectivity index (χ1n) is 8.60. The lowest BCUT2D eigenvalue weighted by atomic mass is 9.93. The lowest BCUT2D eigenvalue weighted by Crippen LogP contribution is -2.01. The van der Waals surface area contributed by atoms with Crippen molar-refractivity contribution in [1.82, 2.24) is 0 Å². The molecule has 0 spiro atoms. The average Bonchev–Trinajstić information content (AvgIpc) is 3.00. The van der Waals surface area contributed by atoms with Crippen molar-refractivity contribution in [1.29, 1.82) is 0 Å². The van der Waals surface area contributed by atoms with E-state index in [4.69, 9.17) is 14.2 Å². The van der Waals surface area contributed by atoms with Gasteiger partial charge in [0.2, 0.25) is 0 Å². The minimum absolute atomic E-state index is 0.598. The smallest absolute Gasteiger partial charge is 0.164 e. The number of benzene rings is 3. The van der Waals surface area contributed by atoms with E-state index in [0.29, 0.717) is 17.9 Å². The first-order valence-corrected chi connectivity index (χ1v) is 9.75. The molecule has 5 heteroatoms. The second-order valence-corrected chi connectivity index (χ2v) is 7.67. The first-order chi connectivity index (χ1) is 13.2. The number of hydrogen-bond donors (Lipinski definition) is 0. The van der Waals surface area contributed by atoms with Gasteiger partial charge in [-0.05, 0) is 29.3 Å². The van der Waals surface area contributed by atoms with Crippen LogP contribution in [0.15, 0.2) is 64.4 Å². The SMILES string of the molecule is COc1ccc(Cc2c(OC)c(OC)cc3c2-c2ccccc2S3=O)cc1. The van der Waals surface area contributed by atoms with Crippen molar-refractivity contribution >= 4 is 10.8 Å². The number of methoxy groups -OCH3 is 3. The summed E-state index contributed by atoms with van der Waals surface area (Å²) in [4.78, 5) is 1.61. The Labute approximate surface area is 161 Å². The van der Waals surface area contributed by atoms with Crippen LogP contribution in [0.1, 0.15) is 11.1 Å². The first kappa shape index (κ1) is 17.6. The molecular formula is C22H20O4S. The summed E-state index contributed by atoms with van der Waals surface area (Å²) in [7, 11) is 3.67. The molecule has 138 valence electrons. The lowest BCUT2D eigenvalue weighted by Gasteiger charge is -2.17. The third-order valence-electron chi connectivity index (χ3n) is 4.83. The molecule has 0 saturated heterocycles. The molecule has 4 nitrogen and oxygen atoms in total. The highest BCUT2D eigenvalue weighted by Gasteiger charge is 2.31. The molecular weight excluding hydrogens is 360 g/mol. The van der Waals surface area contributed by atoms with Gasteiger partial charge >= 0.3 is 0 Å². The molecule has 1 aliphatic rings. The highest BCUT2D eigenvalue weighted by atomic mass is 32.2. The maximum atomic E-state index is 13.0. The van der Waals surface area contributed by atoms with Crippen molar-refractivity contribution in [3.63, 3.8) is 0 Å². The normalized spacial score (nSPS) is 14.4. The summed E-state index contributed by atoms with van der Waals surface area (Å²) >= 11 is 0. The van der Waals surface area contributed by atoms with Crippen molar-refractivity contribution in [2.75, 3.05) is 21.3 Å². The van der Waals surface area contributed by atoms with Crippen molar-refractivity contribution in [2.45, 2.75) is 16.2 Å². The van der Waals surface area contributed by atoms with Gasteiger partial charge in [-0.15, -0.1) is 0 Å². The molecule has 3 aromatic carbocycles. The highest BCUT2D eigenvalue weighted by Crippen LogP contribution is 2.49. The van der Waals surface area contributed by atoms with E-state index in [1.54, 1.807) is 21.3 Å². The standard InChI is InChI=1S/C22H20O4S/c1-24-15-10-8-14(9-11-15)12-17-21-16-6-4-5-7-19(16)27(23)20(21)13-18(25-2)22(17)26-3/h4-11,13H,12H2,1-3H3. The Morgan fingerprint density at radius 1 is 0.852 bits per heavy atom. The largest absolute Gasteiger partial charge is 0.497 e. The van der Waals surface area contributed by atoms with Crippen LogP contribution in [0.25, 0.3) is 11.1 Å². The van der Waals surface area contributed by atoms with Gasteiger partial charge in [0.05, 0.1) is 41.9 Å². The van der Waals surface area contributed by atoms with Crippen LogP contribution in [-0.4, -0.2) is 25.5 Å². The van der Waals surface area contributed by atoms with Crippen molar-refractivity contribution in [2.24, 2.45) is 0 Å². The molecule has 0 fully saturated rings. The summed E-state index contributed by atoms with van der Waals surface area (Å²) < 4.78 is 29.5. The quantitative estimate of drug-likeness (QED) is 0.513. The summed E-state index contributed by atoms with van der Waals surface area (Å²) in [5.74, 6) is 2.09. The van der Waals surface area contributed by atoms with Gasteiger partial charge in [0.1, 0.15) is 5.75 Å². The zero-order chi connectivity index (χ0) is 19.0. The molecule has 0 bridgehead atoms. The molecule has 0 aliphatic carbocycles. The maximum Gasteiger partial charge on any atom is 0.164 e. The van der Waals surface area contributed by atoms with Crippen LogP contribution in [0.3, 0.4) is 0 Å². The van der Waals surface area contributed by atoms with Gasteiger partial charge in [0.25, 0.3) is 0 Å². The average molecular weight is 380 g/mol. The third kappa shape index (κ3) is 2.88. The summed E-state index contributed by atoms with van der Waals surface area (Å²) in [6.45, 7) is 0. The van der Waals surface area contributed by atoms with E-state index in [2.05, 4.69) is 0 Å². The Kier molecular flexibility index (Phi) is 4.62. The van der Waals surface area contributed by atoms with E-state index in [0.717, 1.165) is 37.8 Å². The molecule has 0 radical (unpaired) electrons. The van der Waals surface area contributed by atoms with Crippen molar-refractivity contribution in [3.05, 3.63) is 65.7 Å². The minimum atomic E-state index is -1.22. The molecule has 1 heterocycles. The van der Waals surface area contributed by atoms with E-state index < -0.39 is 10.8 Å². The van der Waals surface area contributed by atoms with Crippen LogP contribution in [-0.2, 0) is 17.2 Å². The van der Waals surface area contributed by atoms with Crippen LogP contribution in [0.4, 0.5) is 0 Å². The summed E-state index contributed by atoms with van der Waals surface area (Å²) in [6.07, 6.45) is 0.637. The molecule has 3 aromatic rings. The molecule has 0 aromatic heterocycles. The molecule has 0 N–H and O–H groups in total. The fraction of sp³-hybridized carbons (Fsp3) is 0.182. The van der Waals surface area contributed by atoms with Crippen LogP contribution in [0.2, 0.25) is 0 Å². The second kappa shape index (κ2) is 7.08. The number of hydrogen-bond acceptors (Lipinski definition) is 4. The maximum absolute atomic E-state index is 13.0. The minimum Gasteiger partial charge on any atom is -0.497 e. The molecule has 0 saturated carbocycles. The lowest BCUT2D eigenvalue weighted by molar-refractivity contribution is 0.351. The third-order valence-corrected chi connectivity index (χ3v) is 6.31. The van der Waals surface area contributed by atoms with Crippen LogP contribution in [0, 0.1) is 0 Å². The fourth-order valence-electron chi connectivity index (χ4n) is 3.55. The van der Waals surface area contributed by atoms with Crippen LogP contribution >= 0.6 is 0 Å². The highest BCUT2D eigenvalue weighted by molar-refractivity contribution is 7.85. The van der Waals surface area contributed by atoms with Gasteiger partial charge in [0.15, 0.2) is 11.5 Å². The summed E-state index contributed by atoms with van der Waals surface area (Å²) in [6, 6.07) is 17.6. The van der Waals surface area contributed by atoms with Gasteiger partial charge in [0, 0.05) is 23.6 Å². The zero-order valence-electron chi connectivity index (χ0n) is 15.4. The van der Waals surface area contributed by atoms with Gasteiger partial charge in [-0.3, -0.25) is 0 Å². The Hall–Kier alpha value is -2.79. The van der Waals surface area contributed by atoms with E-state index in [-0.39, 0.29) is 0 Å². The molecule has 27 heavy (non-hydrogen) atoms. The van der Waals surface area contributed by atoms with E-state index >= 15 is 0 Å². The topological polar surface area (TPSA) is 44.8 Å². The Morgan fingerprint density at radius 2 is 1.59 bits per heavy atom. The van der Waals surface area contributed by atoms with Crippen molar-refractivity contribution < 1.29 is 18.4 Å². The fourth-order valence-corrected chi connectivity index (χ4v) is 5.00. The molecule has 4 rings (SSSR count). The van der Waals surface area contributed by atoms with Crippen molar-refractivity contribution in [3.8, 4) is 28.4 Å². The monoisotopic (exact) mass is 380 g/mol. The Balaban J connectivity index is 1.93.